The fourth-order valence-corrected chi connectivity index (χ4v) is 3.36. The van der Waals surface area contributed by atoms with Gasteiger partial charge in [-0.15, -0.1) is 0 Å². The molecule has 0 unspecified atom stereocenters. The lowest BCUT2D eigenvalue weighted by molar-refractivity contribution is 0.0257. The third-order valence-electron chi connectivity index (χ3n) is 2.96. The van der Waals surface area contributed by atoms with E-state index in [4.69, 9.17) is 10.5 Å². The van der Waals surface area contributed by atoms with Gasteiger partial charge in [0.2, 0.25) is 0 Å². The summed E-state index contributed by atoms with van der Waals surface area (Å²) < 4.78 is 31.3. The first kappa shape index (κ1) is 13.5. The maximum absolute atomic E-state index is 12.2. The molecule has 0 spiro atoms. The number of hydrogen-bond donors (Lipinski definition) is 2. The topological polar surface area (TPSA) is 101 Å². The van der Waals surface area contributed by atoms with Crippen molar-refractivity contribution in [3.05, 3.63) is 12.5 Å². The van der Waals surface area contributed by atoms with Crippen molar-refractivity contribution in [3.63, 3.8) is 0 Å². The van der Waals surface area contributed by atoms with Gasteiger partial charge in [0, 0.05) is 19.6 Å². The number of piperidine rings is 1. The molecule has 0 aromatic carbocycles. The Bertz CT molecular complexity index is 451. The summed E-state index contributed by atoms with van der Waals surface area (Å²) in [4.78, 5) is 6.37. The van der Waals surface area contributed by atoms with Crippen LogP contribution in [-0.4, -0.2) is 55.0 Å². The molecule has 8 heteroatoms. The van der Waals surface area contributed by atoms with Crippen LogP contribution in [0.3, 0.4) is 0 Å². The number of rotatable bonds is 5. The van der Waals surface area contributed by atoms with Gasteiger partial charge in [-0.1, -0.05) is 0 Å². The van der Waals surface area contributed by atoms with Crippen molar-refractivity contribution < 1.29 is 13.2 Å². The summed E-state index contributed by atoms with van der Waals surface area (Å²) in [7, 11) is -3.43. The van der Waals surface area contributed by atoms with Gasteiger partial charge in [0.1, 0.15) is 0 Å². The third kappa shape index (κ3) is 2.89. The van der Waals surface area contributed by atoms with E-state index < -0.39 is 10.0 Å². The zero-order chi connectivity index (χ0) is 13.0. The van der Waals surface area contributed by atoms with E-state index in [-0.39, 0.29) is 11.1 Å². The highest BCUT2D eigenvalue weighted by Gasteiger charge is 2.30. The van der Waals surface area contributed by atoms with Gasteiger partial charge in [0.25, 0.3) is 10.0 Å². The molecule has 1 saturated heterocycles. The van der Waals surface area contributed by atoms with E-state index in [1.54, 1.807) is 0 Å². The van der Waals surface area contributed by atoms with Crippen molar-refractivity contribution in [1.29, 1.82) is 0 Å². The predicted molar refractivity (Wildman–Crippen MR) is 65.4 cm³/mol. The molecule has 102 valence electrons. The van der Waals surface area contributed by atoms with E-state index in [1.165, 1.54) is 16.8 Å². The Labute approximate surface area is 106 Å². The number of nitrogens with two attached hydrogens (primary N) is 1. The molecule has 1 aromatic heterocycles. The molecule has 2 rings (SSSR count). The number of aromatic amines is 1. The van der Waals surface area contributed by atoms with Gasteiger partial charge >= 0.3 is 0 Å². The number of ether oxygens (including phenoxy) is 1. The molecule has 0 amide bonds. The van der Waals surface area contributed by atoms with E-state index in [0.29, 0.717) is 39.1 Å². The van der Waals surface area contributed by atoms with Gasteiger partial charge in [-0.3, -0.25) is 0 Å². The van der Waals surface area contributed by atoms with Crippen molar-refractivity contribution in [2.45, 2.75) is 24.0 Å². The summed E-state index contributed by atoms with van der Waals surface area (Å²) in [6.45, 7) is 1.96. The Morgan fingerprint density at radius 2 is 2.22 bits per heavy atom. The Morgan fingerprint density at radius 1 is 1.50 bits per heavy atom. The molecule has 1 aromatic rings. The molecule has 3 N–H and O–H groups in total. The van der Waals surface area contributed by atoms with Crippen LogP contribution >= 0.6 is 0 Å². The predicted octanol–water partition coefficient (Wildman–Crippen LogP) is -0.462. The van der Waals surface area contributed by atoms with Crippen molar-refractivity contribution in [2.24, 2.45) is 5.73 Å². The summed E-state index contributed by atoms with van der Waals surface area (Å²) in [5.41, 5.74) is 5.36. The van der Waals surface area contributed by atoms with Crippen LogP contribution in [0.15, 0.2) is 17.6 Å². The smallest absolute Gasteiger partial charge is 0.260 e. The normalized spacial score (nSPS) is 19.2. The monoisotopic (exact) mass is 274 g/mol. The minimum absolute atomic E-state index is 0.113. The molecule has 0 aliphatic carbocycles. The fourth-order valence-electron chi connectivity index (χ4n) is 2.00. The van der Waals surface area contributed by atoms with Crippen molar-refractivity contribution in [2.75, 3.05) is 26.2 Å². The van der Waals surface area contributed by atoms with Gasteiger partial charge in [0.15, 0.2) is 5.03 Å². The molecular weight excluding hydrogens is 256 g/mol. The maximum atomic E-state index is 12.2. The molecule has 1 aliphatic heterocycles. The molecule has 0 bridgehead atoms. The standard InChI is InChI=1S/C10H18N4O3S/c11-3-6-17-9-1-4-14(5-2-9)18(15,16)10-7-12-8-13-10/h7-9H,1-6,11H2,(H,12,13). The average molecular weight is 274 g/mol. The highest BCUT2D eigenvalue weighted by Crippen LogP contribution is 2.20. The molecule has 1 aliphatic rings. The summed E-state index contributed by atoms with van der Waals surface area (Å²) in [5.74, 6) is 0. The number of imidazole rings is 1. The average Bonchev–Trinajstić information content (AvgIpc) is 2.91. The van der Waals surface area contributed by atoms with Gasteiger partial charge in [-0.2, -0.15) is 4.31 Å². The minimum Gasteiger partial charge on any atom is -0.377 e. The van der Waals surface area contributed by atoms with Crippen LogP contribution in [0.5, 0.6) is 0 Å². The fraction of sp³-hybridized carbons (Fsp3) is 0.700. The third-order valence-corrected chi connectivity index (χ3v) is 4.79. The van der Waals surface area contributed by atoms with Crippen LogP contribution in [-0.2, 0) is 14.8 Å². The molecule has 18 heavy (non-hydrogen) atoms. The molecular formula is C10H18N4O3S. The van der Waals surface area contributed by atoms with Crippen LogP contribution in [0.4, 0.5) is 0 Å². The number of H-pyrrole nitrogens is 1. The lowest BCUT2D eigenvalue weighted by Gasteiger charge is -2.30. The van der Waals surface area contributed by atoms with E-state index in [1.807, 2.05) is 0 Å². The first-order chi connectivity index (χ1) is 8.64. The van der Waals surface area contributed by atoms with Gasteiger partial charge in [-0.25, -0.2) is 13.4 Å². The van der Waals surface area contributed by atoms with Crippen LogP contribution in [0.2, 0.25) is 0 Å². The quantitative estimate of drug-likeness (QED) is 0.756. The van der Waals surface area contributed by atoms with Crippen LogP contribution < -0.4 is 5.73 Å². The summed E-state index contributed by atoms with van der Waals surface area (Å²) >= 11 is 0. The van der Waals surface area contributed by atoms with Crippen LogP contribution in [0.25, 0.3) is 0 Å². The number of nitrogens with zero attached hydrogens (tertiary/aromatic N) is 2. The zero-order valence-electron chi connectivity index (χ0n) is 10.1. The zero-order valence-corrected chi connectivity index (χ0v) is 10.9. The maximum Gasteiger partial charge on any atom is 0.260 e. The summed E-state index contributed by atoms with van der Waals surface area (Å²) in [6.07, 6.45) is 4.21. The number of hydrogen-bond acceptors (Lipinski definition) is 5. The lowest BCUT2D eigenvalue weighted by atomic mass is 10.1. The molecule has 0 saturated carbocycles. The SMILES string of the molecule is NCCOC1CCN(S(=O)(=O)c2cnc[nH]2)CC1. The largest absolute Gasteiger partial charge is 0.377 e. The van der Waals surface area contributed by atoms with E-state index in [0.717, 1.165) is 0 Å². The lowest BCUT2D eigenvalue weighted by Crippen LogP contribution is -2.41. The number of sulfonamides is 1. The van der Waals surface area contributed by atoms with Gasteiger partial charge in [0.05, 0.1) is 25.2 Å². The summed E-state index contributed by atoms with van der Waals surface area (Å²) in [5, 5.41) is 0.142. The second kappa shape index (κ2) is 5.79. The van der Waals surface area contributed by atoms with E-state index in [9.17, 15) is 8.42 Å². The second-order valence-corrected chi connectivity index (χ2v) is 6.09. The van der Waals surface area contributed by atoms with Gasteiger partial charge in [-0.05, 0) is 12.8 Å². The second-order valence-electron chi connectivity index (χ2n) is 4.18. The van der Waals surface area contributed by atoms with Crippen molar-refractivity contribution in [3.8, 4) is 0 Å². The Hall–Kier alpha value is -0.960. The van der Waals surface area contributed by atoms with E-state index in [2.05, 4.69) is 9.97 Å². The molecule has 2 heterocycles. The molecule has 1 fully saturated rings. The Balaban J connectivity index is 1.94. The Morgan fingerprint density at radius 3 is 2.78 bits per heavy atom. The Kier molecular flexibility index (Phi) is 4.33. The van der Waals surface area contributed by atoms with Crippen LogP contribution in [0.1, 0.15) is 12.8 Å². The summed E-state index contributed by atoms with van der Waals surface area (Å²) in [6, 6.07) is 0. The molecule has 7 nitrogen and oxygen atoms in total. The highest BCUT2D eigenvalue weighted by atomic mass is 32.2. The van der Waals surface area contributed by atoms with Crippen molar-refractivity contribution >= 4 is 10.0 Å². The minimum atomic E-state index is -3.43. The first-order valence-electron chi connectivity index (χ1n) is 5.95. The number of nitrogens with one attached hydrogen (secondary N) is 1. The van der Waals surface area contributed by atoms with Crippen molar-refractivity contribution in [1.82, 2.24) is 14.3 Å². The van der Waals surface area contributed by atoms with E-state index >= 15 is 0 Å². The molecule has 0 radical (unpaired) electrons. The first-order valence-corrected chi connectivity index (χ1v) is 7.39. The number of aromatic nitrogens is 2. The van der Waals surface area contributed by atoms with Crippen LogP contribution in [0, 0.1) is 0 Å². The molecule has 0 atom stereocenters. The van der Waals surface area contributed by atoms with Gasteiger partial charge < -0.3 is 15.5 Å². The highest BCUT2D eigenvalue weighted by molar-refractivity contribution is 7.89.